The molecule has 5 heteroatoms. The third-order valence-corrected chi connectivity index (χ3v) is 0.620. The van der Waals surface area contributed by atoms with E-state index in [1.165, 1.54) is 6.20 Å². The molecule has 0 amide bonds. The number of halogens is 1. The van der Waals surface area contributed by atoms with Gasteiger partial charge in [0.15, 0.2) is 0 Å². The highest BCUT2D eigenvalue weighted by Gasteiger charge is 1.89. The van der Waals surface area contributed by atoms with Gasteiger partial charge in [0.25, 0.3) is 5.88 Å². The first-order valence-corrected chi connectivity index (χ1v) is 1.90. The van der Waals surface area contributed by atoms with Crippen molar-refractivity contribution >= 4 is 11.8 Å². The van der Waals surface area contributed by atoms with Gasteiger partial charge in [0, 0.05) is 11.8 Å². The van der Waals surface area contributed by atoms with Crippen LogP contribution >= 0.6 is 11.8 Å². The largest absolute Gasteiger partial charge is 0.491 e. The van der Waals surface area contributed by atoms with E-state index in [2.05, 4.69) is 10.3 Å². The number of aromatic nitrogens is 3. The molecular formula is C2H2ClN3O. The van der Waals surface area contributed by atoms with Gasteiger partial charge in [0.1, 0.15) is 6.20 Å². The van der Waals surface area contributed by atoms with Crippen molar-refractivity contribution in [2.45, 2.75) is 0 Å². The molecule has 0 radical (unpaired) electrons. The highest BCUT2D eigenvalue weighted by atomic mass is 35.5. The quantitative estimate of drug-likeness (QED) is 0.523. The SMILES string of the molecule is Oc1cn(Cl)nn1. The molecule has 1 rings (SSSR count). The Morgan fingerprint density at radius 3 is 2.71 bits per heavy atom. The van der Waals surface area contributed by atoms with E-state index in [1.54, 1.807) is 0 Å². The first kappa shape index (κ1) is 4.39. The van der Waals surface area contributed by atoms with Gasteiger partial charge < -0.3 is 5.11 Å². The summed E-state index contributed by atoms with van der Waals surface area (Å²) >= 11 is 5.14. The first-order chi connectivity index (χ1) is 3.29. The number of aromatic hydroxyl groups is 1. The van der Waals surface area contributed by atoms with Crippen molar-refractivity contribution in [1.82, 2.24) is 14.5 Å². The van der Waals surface area contributed by atoms with Crippen LogP contribution in [0.15, 0.2) is 6.20 Å². The molecule has 0 bridgehead atoms. The lowest BCUT2D eigenvalue weighted by Gasteiger charge is -1.69. The Kier molecular flexibility index (Phi) is 0.867. The number of nitrogens with zero attached hydrogens (tertiary/aromatic N) is 3. The Morgan fingerprint density at radius 2 is 2.57 bits per heavy atom. The molecule has 0 aromatic carbocycles. The van der Waals surface area contributed by atoms with Crippen LogP contribution in [0.1, 0.15) is 0 Å². The first-order valence-electron chi connectivity index (χ1n) is 1.56. The average Bonchev–Trinajstić information content (AvgIpc) is 1.87. The molecule has 0 spiro atoms. The highest BCUT2D eigenvalue weighted by molar-refractivity contribution is 6.14. The zero-order valence-electron chi connectivity index (χ0n) is 3.24. The van der Waals surface area contributed by atoms with Crippen molar-refractivity contribution < 1.29 is 5.11 Å². The van der Waals surface area contributed by atoms with E-state index in [0.717, 1.165) is 4.20 Å². The number of hydrogen-bond acceptors (Lipinski definition) is 3. The molecule has 1 aromatic heterocycles. The minimum Gasteiger partial charge on any atom is -0.491 e. The molecule has 0 atom stereocenters. The molecule has 0 aliphatic rings. The summed E-state index contributed by atoms with van der Waals surface area (Å²) in [6, 6.07) is 0. The molecule has 38 valence electrons. The molecule has 0 aliphatic heterocycles. The lowest BCUT2D eigenvalue weighted by atomic mass is 10.9. The van der Waals surface area contributed by atoms with E-state index in [-0.39, 0.29) is 5.88 Å². The summed E-state index contributed by atoms with van der Waals surface area (Å²) in [6.45, 7) is 0. The smallest absolute Gasteiger partial charge is 0.252 e. The molecule has 4 nitrogen and oxygen atoms in total. The number of rotatable bonds is 0. The summed E-state index contributed by atoms with van der Waals surface area (Å²) in [4.78, 5) is 0. The van der Waals surface area contributed by atoms with Gasteiger partial charge in [-0.05, 0) is 5.21 Å². The fourth-order valence-electron chi connectivity index (χ4n) is 0.235. The van der Waals surface area contributed by atoms with Crippen molar-refractivity contribution in [3.8, 4) is 5.88 Å². The summed E-state index contributed by atoms with van der Waals surface area (Å²) < 4.78 is 0.898. The molecule has 7 heavy (non-hydrogen) atoms. The number of hydrogen-bond donors (Lipinski definition) is 1. The molecule has 1 heterocycles. The predicted molar refractivity (Wildman–Crippen MR) is 22.9 cm³/mol. The lowest BCUT2D eigenvalue weighted by molar-refractivity contribution is 0.452. The third-order valence-electron chi connectivity index (χ3n) is 0.455. The topological polar surface area (TPSA) is 50.9 Å². The van der Waals surface area contributed by atoms with Crippen LogP contribution in [-0.2, 0) is 0 Å². The molecule has 0 unspecified atom stereocenters. The normalized spacial score (nSPS) is 9.29. The van der Waals surface area contributed by atoms with E-state index < -0.39 is 0 Å². The lowest BCUT2D eigenvalue weighted by Crippen LogP contribution is -1.76. The Hall–Kier alpha value is -0.770. The van der Waals surface area contributed by atoms with Crippen molar-refractivity contribution in [3.05, 3.63) is 6.20 Å². The van der Waals surface area contributed by atoms with Gasteiger partial charge in [0.05, 0.1) is 0 Å². The second-order valence-electron chi connectivity index (χ2n) is 0.965. The fourth-order valence-corrected chi connectivity index (χ4v) is 0.357. The second-order valence-corrected chi connectivity index (χ2v) is 1.31. The fraction of sp³-hybridized carbons (Fsp3) is 0. The standard InChI is InChI=1S/C2H2ClN3O/c3-6-1-2(7)4-5-6/h1,7H. The third kappa shape index (κ3) is 0.806. The van der Waals surface area contributed by atoms with E-state index >= 15 is 0 Å². The van der Waals surface area contributed by atoms with E-state index in [1.807, 2.05) is 0 Å². The zero-order chi connectivity index (χ0) is 5.28. The van der Waals surface area contributed by atoms with Gasteiger partial charge in [-0.3, -0.25) is 0 Å². The molecule has 1 aromatic rings. The van der Waals surface area contributed by atoms with Gasteiger partial charge >= 0.3 is 0 Å². The average molecular weight is 120 g/mol. The maximum absolute atomic E-state index is 8.37. The monoisotopic (exact) mass is 119 g/mol. The van der Waals surface area contributed by atoms with Gasteiger partial charge in [-0.1, -0.05) is 5.10 Å². The van der Waals surface area contributed by atoms with Crippen LogP contribution in [0.4, 0.5) is 0 Å². The van der Waals surface area contributed by atoms with E-state index in [9.17, 15) is 0 Å². The summed E-state index contributed by atoms with van der Waals surface area (Å²) in [5, 5.41) is 14.7. The van der Waals surface area contributed by atoms with Crippen molar-refractivity contribution in [2.24, 2.45) is 0 Å². The summed E-state index contributed by atoms with van der Waals surface area (Å²) in [5.41, 5.74) is 0. The predicted octanol–water partition coefficient (Wildman–Crippen LogP) is -0.0144. The van der Waals surface area contributed by atoms with Crippen LogP contribution in [0.2, 0.25) is 0 Å². The van der Waals surface area contributed by atoms with Crippen LogP contribution in [0.25, 0.3) is 0 Å². The second kappa shape index (κ2) is 1.38. The minimum atomic E-state index is -0.171. The van der Waals surface area contributed by atoms with Crippen LogP contribution in [0.3, 0.4) is 0 Å². The molecule has 0 aliphatic carbocycles. The molecule has 0 saturated heterocycles. The molecule has 1 N–H and O–H groups in total. The van der Waals surface area contributed by atoms with Crippen molar-refractivity contribution in [3.63, 3.8) is 0 Å². The Balaban J connectivity index is 3.04. The van der Waals surface area contributed by atoms with Crippen LogP contribution in [0.5, 0.6) is 5.88 Å². The van der Waals surface area contributed by atoms with Crippen molar-refractivity contribution in [2.75, 3.05) is 0 Å². The highest BCUT2D eigenvalue weighted by Crippen LogP contribution is 1.98. The molecule has 0 saturated carbocycles. The Morgan fingerprint density at radius 1 is 1.86 bits per heavy atom. The van der Waals surface area contributed by atoms with Gasteiger partial charge in [-0.2, -0.15) is 4.20 Å². The summed E-state index contributed by atoms with van der Waals surface area (Å²) in [5.74, 6) is -0.171. The Bertz CT molecular complexity index is 145. The van der Waals surface area contributed by atoms with Crippen LogP contribution in [-0.4, -0.2) is 19.6 Å². The van der Waals surface area contributed by atoms with Crippen molar-refractivity contribution in [1.29, 1.82) is 0 Å². The van der Waals surface area contributed by atoms with Gasteiger partial charge in [-0.15, -0.1) is 0 Å². The van der Waals surface area contributed by atoms with Crippen LogP contribution < -0.4 is 0 Å². The van der Waals surface area contributed by atoms with E-state index in [0.29, 0.717) is 0 Å². The molecular weight excluding hydrogens is 117 g/mol. The minimum absolute atomic E-state index is 0.171. The van der Waals surface area contributed by atoms with E-state index in [4.69, 9.17) is 16.9 Å². The summed E-state index contributed by atoms with van der Waals surface area (Å²) in [7, 11) is 0. The molecule has 0 fully saturated rings. The van der Waals surface area contributed by atoms with Crippen LogP contribution in [0, 0.1) is 0 Å². The van der Waals surface area contributed by atoms with Gasteiger partial charge in [-0.25, -0.2) is 0 Å². The Labute approximate surface area is 44.4 Å². The van der Waals surface area contributed by atoms with Gasteiger partial charge in [0.2, 0.25) is 0 Å². The zero-order valence-corrected chi connectivity index (χ0v) is 4.00. The maximum atomic E-state index is 8.37. The maximum Gasteiger partial charge on any atom is 0.252 e. The summed E-state index contributed by atoms with van der Waals surface area (Å²) in [6.07, 6.45) is 1.18.